The summed E-state index contributed by atoms with van der Waals surface area (Å²) in [5, 5.41) is 0. The van der Waals surface area contributed by atoms with Crippen molar-refractivity contribution < 1.29 is 8.78 Å². The molecule has 0 amide bonds. The number of hydrogen-bond donors (Lipinski definition) is 1. The van der Waals surface area contributed by atoms with Crippen molar-refractivity contribution in [3.8, 4) is 0 Å². The lowest BCUT2D eigenvalue weighted by molar-refractivity contribution is 0.595. The SMILES string of the molecule is NCCC(Cc1cccc(F)c1)c1cccc(F)c1. The Bertz CT molecular complexity index is 540. The molecule has 0 spiro atoms. The number of hydrogen-bond acceptors (Lipinski definition) is 1. The maximum absolute atomic E-state index is 13.3. The Hall–Kier alpha value is -1.74. The summed E-state index contributed by atoms with van der Waals surface area (Å²) in [5.74, 6) is -0.385. The average Bonchev–Trinajstić information content (AvgIpc) is 2.38. The predicted octanol–water partition coefficient (Wildman–Crippen LogP) is 3.64. The maximum Gasteiger partial charge on any atom is 0.123 e. The first-order chi connectivity index (χ1) is 9.19. The fourth-order valence-electron chi connectivity index (χ4n) is 2.30. The molecule has 2 aromatic rings. The summed E-state index contributed by atoms with van der Waals surface area (Å²) >= 11 is 0. The van der Waals surface area contributed by atoms with Gasteiger partial charge in [-0.2, -0.15) is 0 Å². The summed E-state index contributed by atoms with van der Waals surface area (Å²) < 4.78 is 26.5. The van der Waals surface area contributed by atoms with Gasteiger partial charge in [0.1, 0.15) is 11.6 Å². The van der Waals surface area contributed by atoms with Crippen LogP contribution in [0, 0.1) is 11.6 Å². The molecule has 3 heteroatoms. The van der Waals surface area contributed by atoms with Gasteiger partial charge in [-0.3, -0.25) is 0 Å². The summed E-state index contributed by atoms with van der Waals surface area (Å²) in [6.07, 6.45) is 1.42. The molecule has 1 unspecified atom stereocenters. The van der Waals surface area contributed by atoms with E-state index in [0.29, 0.717) is 13.0 Å². The number of benzene rings is 2. The van der Waals surface area contributed by atoms with Crippen molar-refractivity contribution >= 4 is 0 Å². The first-order valence-corrected chi connectivity index (χ1v) is 6.39. The lowest BCUT2D eigenvalue weighted by Gasteiger charge is -2.17. The van der Waals surface area contributed by atoms with Crippen LogP contribution < -0.4 is 5.73 Å². The molecule has 0 fully saturated rings. The van der Waals surface area contributed by atoms with E-state index in [0.717, 1.165) is 17.5 Å². The Balaban J connectivity index is 2.21. The summed E-state index contributed by atoms with van der Waals surface area (Å²) in [5.41, 5.74) is 7.44. The Morgan fingerprint density at radius 3 is 2.26 bits per heavy atom. The van der Waals surface area contributed by atoms with Crippen LogP contribution in [0.5, 0.6) is 0 Å². The van der Waals surface area contributed by atoms with E-state index in [1.807, 2.05) is 12.1 Å². The van der Waals surface area contributed by atoms with Gasteiger partial charge in [-0.25, -0.2) is 8.78 Å². The largest absolute Gasteiger partial charge is 0.330 e. The van der Waals surface area contributed by atoms with E-state index in [-0.39, 0.29) is 17.6 Å². The second-order valence-corrected chi connectivity index (χ2v) is 4.66. The van der Waals surface area contributed by atoms with Gasteiger partial charge in [-0.05, 0) is 60.7 Å². The molecule has 2 aromatic carbocycles. The molecule has 100 valence electrons. The van der Waals surface area contributed by atoms with E-state index in [1.54, 1.807) is 12.1 Å². The summed E-state index contributed by atoms with van der Waals surface area (Å²) in [6.45, 7) is 0.524. The number of halogens is 2. The highest BCUT2D eigenvalue weighted by Gasteiger charge is 2.12. The monoisotopic (exact) mass is 261 g/mol. The average molecular weight is 261 g/mol. The van der Waals surface area contributed by atoms with Gasteiger partial charge < -0.3 is 5.73 Å². The predicted molar refractivity (Wildman–Crippen MR) is 72.9 cm³/mol. The minimum Gasteiger partial charge on any atom is -0.330 e. The lowest BCUT2D eigenvalue weighted by Crippen LogP contribution is -2.10. The van der Waals surface area contributed by atoms with Crippen molar-refractivity contribution in [1.29, 1.82) is 0 Å². The molecule has 0 saturated carbocycles. The van der Waals surface area contributed by atoms with Crippen LogP contribution in [0.25, 0.3) is 0 Å². The third kappa shape index (κ3) is 3.86. The molecule has 2 rings (SSSR count). The van der Waals surface area contributed by atoms with Crippen molar-refractivity contribution in [2.45, 2.75) is 18.8 Å². The van der Waals surface area contributed by atoms with Crippen molar-refractivity contribution in [3.05, 3.63) is 71.3 Å². The highest BCUT2D eigenvalue weighted by atomic mass is 19.1. The Labute approximate surface area is 112 Å². The fraction of sp³-hybridized carbons (Fsp3) is 0.250. The molecule has 0 aliphatic rings. The van der Waals surface area contributed by atoms with Gasteiger partial charge >= 0.3 is 0 Å². The normalized spacial score (nSPS) is 12.4. The number of nitrogens with two attached hydrogens (primary N) is 1. The minimum atomic E-state index is -0.251. The Morgan fingerprint density at radius 2 is 1.63 bits per heavy atom. The molecule has 0 saturated heterocycles. The molecule has 0 aromatic heterocycles. The highest BCUT2D eigenvalue weighted by Crippen LogP contribution is 2.24. The van der Waals surface area contributed by atoms with Crippen molar-refractivity contribution in [2.75, 3.05) is 6.54 Å². The van der Waals surface area contributed by atoms with Crippen LogP contribution in [-0.4, -0.2) is 6.54 Å². The summed E-state index contributed by atoms with van der Waals surface area (Å²) in [4.78, 5) is 0. The van der Waals surface area contributed by atoms with Gasteiger partial charge in [0, 0.05) is 0 Å². The van der Waals surface area contributed by atoms with Crippen molar-refractivity contribution in [3.63, 3.8) is 0 Å². The van der Waals surface area contributed by atoms with Gasteiger partial charge in [-0.15, -0.1) is 0 Å². The topological polar surface area (TPSA) is 26.0 Å². The van der Waals surface area contributed by atoms with E-state index >= 15 is 0 Å². The standard InChI is InChI=1S/C16H17F2N/c17-15-5-1-3-12(10-15)9-14(7-8-19)13-4-2-6-16(18)11-13/h1-6,10-11,14H,7-9,19H2. The third-order valence-corrected chi connectivity index (χ3v) is 3.21. The Kier molecular flexibility index (Phi) is 4.63. The molecule has 0 aliphatic carbocycles. The smallest absolute Gasteiger partial charge is 0.123 e. The van der Waals surface area contributed by atoms with Crippen LogP contribution in [0.15, 0.2) is 48.5 Å². The van der Waals surface area contributed by atoms with Crippen LogP contribution in [0.2, 0.25) is 0 Å². The van der Waals surface area contributed by atoms with Gasteiger partial charge in [0.25, 0.3) is 0 Å². The maximum atomic E-state index is 13.3. The molecular weight excluding hydrogens is 244 g/mol. The van der Waals surface area contributed by atoms with E-state index in [1.165, 1.54) is 24.3 Å². The van der Waals surface area contributed by atoms with Gasteiger partial charge in [0.15, 0.2) is 0 Å². The molecule has 0 radical (unpaired) electrons. The summed E-state index contributed by atoms with van der Waals surface area (Å²) in [7, 11) is 0. The van der Waals surface area contributed by atoms with Gasteiger partial charge in [0.05, 0.1) is 0 Å². The van der Waals surface area contributed by atoms with Crippen LogP contribution in [0.1, 0.15) is 23.5 Å². The van der Waals surface area contributed by atoms with E-state index in [2.05, 4.69) is 0 Å². The van der Waals surface area contributed by atoms with E-state index in [4.69, 9.17) is 5.73 Å². The second-order valence-electron chi connectivity index (χ2n) is 4.66. The molecule has 1 atom stereocenters. The molecule has 0 aliphatic heterocycles. The highest BCUT2D eigenvalue weighted by molar-refractivity contribution is 5.25. The fourth-order valence-corrected chi connectivity index (χ4v) is 2.30. The Morgan fingerprint density at radius 1 is 0.947 bits per heavy atom. The van der Waals surface area contributed by atoms with Crippen molar-refractivity contribution in [1.82, 2.24) is 0 Å². The van der Waals surface area contributed by atoms with Gasteiger partial charge in [0.2, 0.25) is 0 Å². The van der Waals surface area contributed by atoms with E-state index in [9.17, 15) is 8.78 Å². The molecular formula is C16H17F2N. The minimum absolute atomic E-state index is 0.113. The van der Waals surface area contributed by atoms with Crippen LogP contribution in [-0.2, 0) is 6.42 Å². The first-order valence-electron chi connectivity index (χ1n) is 6.39. The van der Waals surface area contributed by atoms with Crippen LogP contribution in [0.4, 0.5) is 8.78 Å². The third-order valence-electron chi connectivity index (χ3n) is 3.21. The molecule has 1 nitrogen and oxygen atoms in total. The number of rotatable bonds is 5. The zero-order chi connectivity index (χ0) is 13.7. The molecule has 0 heterocycles. The molecule has 19 heavy (non-hydrogen) atoms. The quantitative estimate of drug-likeness (QED) is 0.873. The van der Waals surface area contributed by atoms with Gasteiger partial charge in [-0.1, -0.05) is 24.3 Å². The van der Waals surface area contributed by atoms with Crippen LogP contribution in [0.3, 0.4) is 0 Å². The molecule has 2 N–H and O–H groups in total. The van der Waals surface area contributed by atoms with Crippen molar-refractivity contribution in [2.24, 2.45) is 5.73 Å². The first kappa shape index (κ1) is 13.7. The zero-order valence-corrected chi connectivity index (χ0v) is 10.7. The van der Waals surface area contributed by atoms with Crippen LogP contribution >= 0.6 is 0 Å². The lowest BCUT2D eigenvalue weighted by atomic mass is 9.89. The summed E-state index contributed by atoms with van der Waals surface area (Å²) in [6, 6.07) is 13.0. The zero-order valence-electron chi connectivity index (χ0n) is 10.7. The molecule has 0 bridgehead atoms. The second kappa shape index (κ2) is 6.43. The van der Waals surface area contributed by atoms with E-state index < -0.39 is 0 Å².